The largest absolute Gasteiger partial charge is 0.350 e. The van der Waals surface area contributed by atoms with Crippen LogP contribution in [0.5, 0.6) is 0 Å². The van der Waals surface area contributed by atoms with Crippen LogP contribution in [0.15, 0.2) is 30.3 Å². The molecule has 4 nitrogen and oxygen atoms in total. The predicted octanol–water partition coefficient (Wildman–Crippen LogP) is 1.22. The molecular weight excluding hydrogens is 248 g/mol. The van der Waals surface area contributed by atoms with Crippen LogP contribution in [0.3, 0.4) is 0 Å². The number of amides is 2. The number of rotatable bonds is 3. The van der Waals surface area contributed by atoms with Crippen molar-refractivity contribution in [2.75, 3.05) is 11.6 Å². The summed E-state index contributed by atoms with van der Waals surface area (Å²) in [6, 6.07) is 9.43. The minimum absolute atomic E-state index is 0.0418. The van der Waals surface area contributed by atoms with Gasteiger partial charge in [-0.2, -0.15) is 0 Å². The van der Waals surface area contributed by atoms with Crippen LogP contribution < -0.4 is 5.32 Å². The molecule has 1 aromatic rings. The molecule has 0 aliphatic carbocycles. The second-order valence-electron chi connectivity index (χ2n) is 4.21. The van der Waals surface area contributed by atoms with Gasteiger partial charge in [-0.15, -0.1) is 11.8 Å². The zero-order valence-electron chi connectivity index (χ0n) is 10.3. The van der Waals surface area contributed by atoms with Crippen molar-refractivity contribution in [1.29, 1.82) is 0 Å². The highest BCUT2D eigenvalue weighted by Gasteiger charge is 2.32. The number of nitrogens with zero attached hydrogens (tertiary/aromatic N) is 1. The molecule has 1 N–H and O–H groups in total. The summed E-state index contributed by atoms with van der Waals surface area (Å²) in [5.74, 6) is 1.18. The van der Waals surface area contributed by atoms with Gasteiger partial charge in [-0.3, -0.25) is 9.59 Å². The van der Waals surface area contributed by atoms with Crippen LogP contribution in [0.1, 0.15) is 12.5 Å². The van der Waals surface area contributed by atoms with E-state index in [2.05, 4.69) is 5.32 Å². The van der Waals surface area contributed by atoms with Gasteiger partial charge in [0, 0.05) is 19.2 Å². The fraction of sp³-hybridized carbons (Fsp3) is 0.385. The highest BCUT2D eigenvalue weighted by atomic mass is 32.2. The minimum Gasteiger partial charge on any atom is -0.350 e. The molecule has 1 unspecified atom stereocenters. The lowest BCUT2D eigenvalue weighted by Gasteiger charge is -2.21. The Kier molecular flexibility index (Phi) is 4.25. The van der Waals surface area contributed by atoms with Gasteiger partial charge in [0.2, 0.25) is 11.8 Å². The molecule has 5 heteroatoms. The Morgan fingerprint density at radius 3 is 2.78 bits per heavy atom. The molecule has 0 bridgehead atoms. The zero-order chi connectivity index (χ0) is 13.0. The van der Waals surface area contributed by atoms with Gasteiger partial charge in [0.05, 0.1) is 5.88 Å². The first-order valence-corrected chi connectivity index (χ1v) is 7.00. The normalized spacial score (nSPS) is 18.7. The molecule has 1 aliphatic heterocycles. The summed E-state index contributed by atoms with van der Waals surface area (Å²) in [7, 11) is 0. The van der Waals surface area contributed by atoms with Crippen LogP contribution in [0.25, 0.3) is 0 Å². The maximum atomic E-state index is 12.0. The maximum absolute atomic E-state index is 12.0. The molecule has 1 fully saturated rings. The van der Waals surface area contributed by atoms with Gasteiger partial charge in [0.1, 0.15) is 6.04 Å². The Labute approximate surface area is 111 Å². The van der Waals surface area contributed by atoms with Gasteiger partial charge in [0.15, 0.2) is 0 Å². The molecule has 1 heterocycles. The molecule has 1 atom stereocenters. The summed E-state index contributed by atoms with van der Waals surface area (Å²) in [6.07, 6.45) is 0. The number of thioether (sulfide) groups is 1. The molecule has 1 aliphatic rings. The van der Waals surface area contributed by atoms with Gasteiger partial charge in [-0.25, -0.2) is 0 Å². The fourth-order valence-electron chi connectivity index (χ4n) is 1.87. The summed E-state index contributed by atoms with van der Waals surface area (Å²) in [4.78, 5) is 25.0. The molecule has 2 rings (SSSR count). The number of benzene rings is 1. The van der Waals surface area contributed by atoms with E-state index in [4.69, 9.17) is 0 Å². The van der Waals surface area contributed by atoms with Crippen LogP contribution in [-0.4, -0.2) is 34.4 Å². The fourth-order valence-corrected chi connectivity index (χ4v) is 3.09. The lowest BCUT2D eigenvalue weighted by molar-refractivity contribution is -0.136. The second-order valence-corrected chi connectivity index (χ2v) is 5.21. The van der Waals surface area contributed by atoms with Crippen LogP contribution in [-0.2, 0) is 16.1 Å². The summed E-state index contributed by atoms with van der Waals surface area (Å²) in [5, 5.41) is 2.88. The predicted molar refractivity (Wildman–Crippen MR) is 71.9 cm³/mol. The molecular formula is C13H16N2O2S. The first-order chi connectivity index (χ1) is 8.68. The van der Waals surface area contributed by atoms with E-state index in [1.54, 1.807) is 16.7 Å². The van der Waals surface area contributed by atoms with Crippen molar-refractivity contribution < 1.29 is 9.59 Å². The van der Waals surface area contributed by atoms with E-state index in [0.717, 1.165) is 5.56 Å². The van der Waals surface area contributed by atoms with E-state index in [-0.39, 0.29) is 17.9 Å². The summed E-state index contributed by atoms with van der Waals surface area (Å²) >= 11 is 1.61. The molecule has 0 saturated carbocycles. The van der Waals surface area contributed by atoms with E-state index >= 15 is 0 Å². The third-order valence-electron chi connectivity index (χ3n) is 2.90. The third-order valence-corrected chi connectivity index (χ3v) is 3.91. The molecule has 1 saturated heterocycles. The Morgan fingerprint density at radius 2 is 2.11 bits per heavy atom. The average molecular weight is 264 g/mol. The lowest BCUT2D eigenvalue weighted by Crippen LogP contribution is -2.46. The lowest BCUT2D eigenvalue weighted by atomic mass is 10.2. The molecule has 0 aromatic heterocycles. The summed E-state index contributed by atoms with van der Waals surface area (Å²) < 4.78 is 0. The highest BCUT2D eigenvalue weighted by molar-refractivity contribution is 7.99. The third kappa shape index (κ3) is 3.04. The van der Waals surface area contributed by atoms with Crippen molar-refractivity contribution >= 4 is 23.6 Å². The smallest absolute Gasteiger partial charge is 0.243 e. The molecule has 2 amide bonds. The molecule has 0 radical (unpaired) electrons. The summed E-state index contributed by atoms with van der Waals surface area (Å²) in [5.41, 5.74) is 1.06. The zero-order valence-corrected chi connectivity index (χ0v) is 11.1. The van der Waals surface area contributed by atoms with E-state index in [1.807, 2.05) is 30.3 Å². The van der Waals surface area contributed by atoms with Crippen LogP contribution in [0.2, 0.25) is 0 Å². The Bertz CT molecular complexity index is 436. The van der Waals surface area contributed by atoms with E-state index in [9.17, 15) is 9.59 Å². The highest BCUT2D eigenvalue weighted by Crippen LogP contribution is 2.20. The second kappa shape index (κ2) is 5.91. The van der Waals surface area contributed by atoms with Gasteiger partial charge >= 0.3 is 0 Å². The van der Waals surface area contributed by atoms with Gasteiger partial charge in [0.25, 0.3) is 0 Å². The molecule has 18 heavy (non-hydrogen) atoms. The topological polar surface area (TPSA) is 49.4 Å². The minimum atomic E-state index is -0.323. The number of nitrogens with one attached hydrogen (secondary N) is 1. The Balaban J connectivity index is 1.90. The van der Waals surface area contributed by atoms with Crippen LogP contribution in [0, 0.1) is 0 Å². The summed E-state index contributed by atoms with van der Waals surface area (Å²) in [6.45, 7) is 2.01. The van der Waals surface area contributed by atoms with Crippen molar-refractivity contribution in [2.24, 2.45) is 0 Å². The number of hydrogen-bond donors (Lipinski definition) is 1. The van der Waals surface area contributed by atoms with Crippen molar-refractivity contribution in [1.82, 2.24) is 10.2 Å². The molecule has 96 valence electrons. The Hall–Kier alpha value is -1.49. The van der Waals surface area contributed by atoms with Gasteiger partial charge < -0.3 is 10.2 Å². The first kappa shape index (κ1) is 13.0. The van der Waals surface area contributed by atoms with Crippen LogP contribution in [0.4, 0.5) is 0 Å². The van der Waals surface area contributed by atoms with E-state index in [0.29, 0.717) is 18.2 Å². The van der Waals surface area contributed by atoms with E-state index in [1.165, 1.54) is 6.92 Å². The Morgan fingerprint density at radius 1 is 1.39 bits per heavy atom. The van der Waals surface area contributed by atoms with E-state index < -0.39 is 0 Å². The maximum Gasteiger partial charge on any atom is 0.243 e. The van der Waals surface area contributed by atoms with Gasteiger partial charge in [-0.05, 0) is 5.56 Å². The SMILES string of the molecule is CC(=O)N1CSCC1C(=O)NCc1ccccc1. The number of hydrogen-bond acceptors (Lipinski definition) is 3. The average Bonchev–Trinajstić information content (AvgIpc) is 2.86. The first-order valence-electron chi connectivity index (χ1n) is 5.85. The number of carbonyl (C=O) groups excluding carboxylic acids is 2. The molecule has 0 spiro atoms. The number of carbonyl (C=O) groups is 2. The quantitative estimate of drug-likeness (QED) is 0.893. The van der Waals surface area contributed by atoms with Crippen molar-refractivity contribution in [3.63, 3.8) is 0 Å². The van der Waals surface area contributed by atoms with Gasteiger partial charge in [-0.1, -0.05) is 30.3 Å². The molecule has 1 aromatic carbocycles. The monoisotopic (exact) mass is 264 g/mol. The van der Waals surface area contributed by atoms with Crippen molar-refractivity contribution in [3.8, 4) is 0 Å². The van der Waals surface area contributed by atoms with Crippen LogP contribution >= 0.6 is 11.8 Å². The van der Waals surface area contributed by atoms with Crippen molar-refractivity contribution in [2.45, 2.75) is 19.5 Å². The standard InChI is InChI=1S/C13H16N2O2S/c1-10(16)15-9-18-8-12(15)13(17)14-7-11-5-3-2-4-6-11/h2-6,12H,7-9H2,1H3,(H,14,17). The van der Waals surface area contributed by atoms with Crippen molar-refractivity contribution in [3.05, 3.63) is 35.9 Å².